The second-order valence-corrected chi connectivity index (χ2v) is 4.77. The number of aromatic nitrogens is 3. The lowest BCUT2D eigenvalue weighted by Crippen LogP contribution is -2.09. The van der Waals surface area contributed by atoms with Crippen LogP contribution < -0.4 is 5.32 Å². The highest BCUT2D eigenvalue weighted by Gasteiger charge is 2.09. The molecule has 0 bridgehead atoms. The van der Waals surface area contributed by atoms with Crippen molar-refractivity contribution >= 4 is 17.4 Å². The van der Waals surface area contributed by atoms with Crippen molar-refractivity contribution in [3.63, 3.8) is 0 Å². The zero-order valence-corrected chi connectivity index (χ0v) is 12.3. The largest absolute Gasteiger partial charge is 0.373 e. The van der Waals surface area contributed by atoms with Crippen LogP contribution in [-0.2, 0) is 19.4 Å². The Morgan fingerprint density at radius 3 is 2.68 bits per heavy atom. The van der Waals surface area contributed by atoms with Crippen LogP contribution in [0.25, 0.3) is 0 Å². The molecule has 0 aliphatic heterocycles. The molecule has 0 amide bonds. The van der Waals surface area contributed by atoms with E-state index in [-0.39, 0.29) is 0 Å². The number of rotatable bonds is 5. The molecule has 0 spiro atoms. The number of pyridine rings is 1. The van der Waals surface area contributed by atoms with Crippen molar-refractivity contribution in [3.8, 4) is 0 Å². The maximum absolute atomic E-state index is 6.21. The Hall–Kier alpha value is -1.55. The molecule has 102 valence electrons. The van der Waals surface area contributed by atoms with Gasteiger partial charge in [0.05, 0.1) is 23.0 Å². The van der Waals surface area contributed by atoms with Crippen LogP contribution in [-0.4, -0.2) is 21.8 Å². The second-order valence-electron chi connectivity index (χ2n) is 4.37. The third-order valence-electron chi connectivity index (χ3n) is 3.11. The summed E-state index contributed by atoms with van der Waals surface area (Å²) in [4.78, 5) is 4.49. The van der Waals surface area contributed by atoms with E-state index in [9.17, 15) is 0 Å². The van der Waals surface area contributed by atoms with Crippen molar-refractivity contribution in [2.24, 2.45) is 0 Å². The molecule has 2 rings (SSSR count). The normalized spacial score (nSPS) is 10.7. The molecular weight excluding hydrogens is 260 g/mol. The van der Waals surface area contributed by atoms with Gasteiger partial charge in [0.15, 0.2) is 0 Å². The Morgan fingerprint density at radius 2 is 2.05 bits per heavy atom. The number of anilines is 1. The fourth-order valence-electron chi connectivity index (χ4n) is 1.99. The number of aryl methyl sites for hydroxylation is 2. The summed E-state index contributed by atoms with van der Waals surface area (Å²) in [7, 11) is 1.85. The Kier molecular flexibility index (Phi) is 4.43. The van der Waals surface area contributed by atoms with Crippen LogP contribution in [0.5, 0.6) is 0 Å². The van der Waals surface area contributed by atoms with Gasteiger partial charge in [0.1, 0.15) is 5.82 Å². The first-order chi connectivity index (χ1) is 9.17. The molecular formula is C14H19ClN4. The second kappa shape index (κ2) is 6.06. The van der Waals surface area contributed by atoms with Crippen LogP contribution in [0.2, 0.25) is 5.02 Å². The number of nitrogens with one attached hydrogen (secondary N) is 1. The molecule has 1 N–H and O–H groups in total. The lowest BCUT2D eigenvalue weighted by Gasteiger charge is -2.09. The van der Waals surface area contributed by atoms with E-state index >= 15 is 0 Å². The maximum Gasteiger partial charge on any atom is 0.126 e. The van der Waals surface area contributed by atoms with Crippen molar-refractivity contribution in [1.29, 1.82) is 0 Å². The van der Waals surface area contributed by atoms with Gasteiger partial charge < -0.3 is 5.32 Å². The summed E-state index contributed by atoms with van der Waals surface area (Å²) in [5.41, 5.74) is 3.16. The Bertz CT molecular complexity index is 563. The fraction of sp³-hybridized carbons (Fsp3) is 0.429. The van der Waals surface area contributed by atoms with Crippen LogP contribution in [0.1, 0.15) is 30.9 Å². The van der Waals surface area contributed by atoms with Crippen molar-refractivity contribution in [1.82, 2.24) is 14.8 Å². The van der Waals surface area contributed by atoms with E-state index in [1.165, 1.54) is 5.69 Å². The third kappa shape index (κ3) is 3.07. The summed E-state index contributed by atoms with van der Waals surface area (Å²) in [5.74, 6) is 0.820. The average molecular weight is 279 g/mol. The molecule has 0 fully saturated rings. The van der Waals surface area contributed by atoms with Gasteiger partial charge in [-0.05, 0) is 31.0 Å². The summed E-state index contributed by atoms with van der Waals surface area (Å²) < 4.78 is 1.99. The van der Waals surface area contributed by atoms with E-state index in [1.54, 1.807) is 0 Å². The molecule has 0 unspecified atom stereocenters. The number of nitrogens with zero attached hydrogens (tertiary/aromatic N) is 3. The van der Waals surface area contributed by atoms with Crippen LogP contribution >= 0.6 is 11.6 Å². The van der Waals surface area contributed by atoms with E-state index in [0.717, 1.165) is 30.0 Å². The fourth-order valence-corrected chi connectivity index (χ4v) is 2.15. The lowest BCUT2D eigenvalue weighted by molar-refractivity contribution is 0.630. The third-order valence-corrected chi connectivity index (χ3v) is 3.46. The molecule has 0 aromatic carbocycles. The van der Waals surface area contributed by atoms with Gasteiger partial charge in [-0.3, -0.25) is 4.68 Å². The predicted molar refractivity (Wildman–Crippen MR) is 78.9 cm³/mol. The van der Waals surface area contributed by atoms with Gasteiger partial charge in [-0.25, -0.2) is 4.98 Å². The molecule has 0 saturated heterocycles. The summed E-state index contributed by atoms with van der Waals surface area (Å²) in [5, 5.41) is 8.29. The van der Waals surface area contributed by atoms with Crippen molar-refractivity contribution in [2.75, 3.05) is 12.4 Å². The topological polar surface area (TPSA) is 42.7 Å². The smallest absolute Gasteiger partial charge is 0.126 e. The van der Waals surface area contributed by atoms with Crippen molar-refractivity contribution < 1.29 is 0 Å². The van der Waals surface area contributed by atoms with E-state index < -0.39 is 0 Å². The standard InChI is InChI=1S/C14H19ClN4/c1-4-10-8-11(5-2)19(18-10)9-13-12(15)6-7-14(16-3)17-13/h6-8H,4-5,9H2,1-3H3,(H,16,17). The van der Waals surface area contributed by atoms with Gasteiger partial charge in [0.2, 0.25) is 0 Å². The summed E-state index contributed by atoms with van der Waals surface area (Å²) in [6, 6.07) is 5.88. The zero-order valence-electron chi connectivity index (χ0n) is 11.6. The number of hydrogen-bond acceptors (Lipinski definition) is 3. The molecule has 2 aromatic rings. The minimum atomic E-state index is 0.609. The van der Waals surface area contributed by atoms with Crippen LogP contribution in [0.4, 0.5) is 5.82 Å². The van der Waals surface area contributed by atoms with Gasteiger partial charge in [0, 0.05) is 12.7 Å². The first-order valence-corrected chi connectivity index (χ1v) is 6.94. The van der Waals surface area contributed by atoms with Gasteiger partial charge >= 0.3 is 0 Å². The molecule has 19 heavy (non-hydrogen) atoms. The highest BCUT2D eigenvalue weighted by molar-refractivity contribution is 6.31. The Morgan fingerprint density at radius 1 is 1.26 bits per heavy atom. The van der Waals surface area contributed by atoms with E-state index in [0.29, 0.717) is 11.6 Å². The first kappa shape index (κ1) is 13.9. The highest BCUT2D eigenvalue weighted by atomic mass is 35.5. The molecule has 2 heterocycles. The molecule has 0 aliphatic rings. The van der Waals surface area contributed by atoms with Gasteiger partial charge in [-0.15, -0.1) is 0 Å². The minimum Gasteiger partial charge on any atom is -0.373 e. The monoisotopic (exact) mass is 278 g/mol. The minimum absolute atomic E-state index is 0.609. The molecule has 0 radical (unpaired) electrons. The Labute approximate surface area is 118 Å². The lowest BCUT2D eigenvalue weighted by atomic mass is 10.2. The van der Waals surface area contributed by atoms with Gasteiger partial charge in [0.25, 0.3) is 0 Å². The maximum atomic E-state index is 6.21. The van der Waals surface area contributed by atoms with Crippen LogP contribution in [0, 0.1) is 0 Å². The highest BCUT2D eigenvalue weighted by Crippen LogP contribution is 2.18. The quantitative estimate of drug-likeness (QED) is 0.914. The van der Waals surface area contributed by atoms with Crippen LogP contribution in [0.3, 0.4) is 0 Å². The predicted octanol–water partition coefficient (Wildman–Crippen LogP) is 3.15. The molecule has 0 atom stereocenters. The van der Waals surface area contributed by atoms with Gasteiger partial charge in [-0.2, -0.15) is 5.10 Å². The SMILES string of the molecule is CCc1cc(CC)n(Cc2nc(NC)ccc2Cl)n1. The van der Waals surface area contributed by atoms with Crippen molar-refractivity contribution in [2.45, 2.75) is 33.2 Å². The van der Waals surface area contributed by atoms with Gasteiger partial charge in [-0.1, -0.05) is 25.4 Å². The molecule has 5 heteroatoms. The van der Waals surface area contributed by atoms with E-state index in [4.69, 9.17) is 11.6 Å². The van der Waals surface area contributed by atoms with E-state index in [2.05, 4.69) is 35.3 Å². The molecule has 0 saturated carbocycles. The van der Waals surface area contributed by atoms with E-state index in [1.807, 2.05) is 23.9 Å². The molecule has 0 aliphatic carbocycles. The van der Waals surface area contributed by atoms with Crippen LogP contribution in [0.15, 0.2) is 18.2 Å². The molecule has 2 aromatic heterocycles. The number of halogens is 1. The summed E-state index contributed by atoms with van der Waals surface area (Å²) >= 11 is 6.21. The Balaban J connectivity index is 2.32. The van der Waals surface area contributed by atoms with Crippen molar-refractivity contribution in [3.05, 3.63) is 40.3 Å². The first-order valence-electron chi connectivity index (χ1n) is 6.56. The zero-order chi connectivity index (χ0) is 13.8. The average Bonchev–Trinajstić information content (AvgIpc) is 2.83. The number of hydrogen-bond donors (Lipinski definition) is 1. The summed E-state index contributed by atoms with van der Waals surface area (Å²) in [6.07, 6.45) is 1.90. The summed E-state index contributed by atoms with van der Waals surface area (Å²) in [6.45, 7) is 4.85. The molecule has 4 nitrogen and oxygen atoms in total.